The van der Waals surface area contributed by atoms with Crippen molar-refractivity contribution in [3.8, 4) is 11.5 Å². The van der Waals surface area contributed by atoms with Gasteiger partial charge in [0.2, 0.25) is 0 Å². The Kier molecular flexibility index (Phi) is 5.06. The average Bonchev–Trinajstić information content (AvgIpc) is 2.93. The van der Waals surface area contributed by atoms with E-state index in [1.807, 2.05) is 25.4 Å². The van der Waals surface area contributed by atoms with E-state index in [0.29, 0.717) is 0 Å². The number of rotatable bonds is 5. The number of aryl methyl sites for hydroxylation is 1. The van der Waals surface area contributed by atoms with Gasteiger partial charge in [-0.15, -0.1) is 11.3 Å². The summed E-state index contributed by atoms with van der Waals surface area (Å²) in [5, 5.41) is 0. The van der Waals surface area contributed by atoms with Crippen molar-refractivity contribution in [3.63, 3.8) is 0 Å². The molecule has 1 aromatic carbocycles. The Bertz CT molecular complexity index is 783. The third-order valence-electron chi connectivity index (χ3n) is 4.34. The summed E-state index contributed by atoms with van der Waals surface area (Å²) >= 11 is 1.85. The largest absolute Gasteiger partial charge is 0.496 e. The van der Waals surface area contributed by atoms with Crippen LogP contribution < -0.4 is 9.47 Å². The molecule has 134 valence electrons. The molecule has 0 atom stereocenters. The lowest BCUT2D eigenvalue weighted by Crippen LogP contribution is -2.16. The highest BCUT2D eigenvalue weighted by Crippen LogP contribution is 2.41. The van der Waals surface area contributed by atoms with E-state index in [4.69, 9.17) is 9.47 Å². The Balaban J connectivity index is 2.14. The molecule has 1 aliphatic rings. The first-order valence-corrected chi connectivity index (χ1v) is 9.16. The maximum absolute atomic E-state index is 5.70. The second-order valence-corrected chi connectivity index (χ2v) is 8.02. The van der Waals surface area contributed by atoms with Gasteiger partial charge < -0.3 is 19.3 Å². The summed E-state index contributed by atoms with van der Waals surface area (Å²) in [4.78, 5) is 7.04. The molecule has 0 bridgehead atoms. The Morgan fingerprint density at radius 1 is 1.12 bits per heavy atom. The van der Waals surface area contributed by atoms with Gasteiger partial charge in [-0.3, -0.25) is 0 Å². The molecule has 2 aromatic rings. The number of hydrogen-bond acceptors (Lipinski definition) is 5. The van der Waals surface area contributed by atoms with Crippen molar-refractivity contribution in [2.75, 3.05) is 35.4 Å². The maximum Gasteiger partial charge on any atom is 0.127 e. The quantitative estimate of drug-likeness (QED) is 0.807. The van der Waals surface area contributed by atoms with Gasteiger partial charge in [-0.05, 0) is 50.3 Å². The van der Waals surface area contributed by atoms with Crippen LogP contribution in [0.15, 0.2) is 24.4 Å². The van der Waals surface area contributed by atoms with Crippen LogP contribution in [-0.4, -0.2) is 45.2 Å². The van der Waals surface area contributed by atoms with Gasteiger partial charge in [0.05, 0.1) is 19.8 Å². The summed E-state index contributed by atoms with van der Waals surface area (Å²) in [7, 11) is 9.66. The van der Waals surface area contributed by atoms with Gasteiger partial charge in [0, 0.05) is 41.7 Å². The predicted octanol–water partition coefficient (Wildman–Crippen LogP) is 3.97. The highest BCUT2D eigenvalue weighted by atomic mass is 32.1. The van der Waals surface area contributed by atoms with E-state index in [0.717, 1.165) is 35.7 Å². The molecule has 0 N–H and O–H groups in total. The van der Waals surface area contributed by atoms with Crippen LogP contribution in [0.1, 0.15) is 26.4 Å². The topological polar surface area (TPSA) is 24.9 Å². The van der Waals surface area contributed by atoms with E-state index in [1.54, 1.807) is 14.2 Å². The molecule has 1 aromatic heterocycles. The molecule has 0 spiro atoms. The third-order valence-corrected chi connectivity index (χ3v) is 5.47. The molecule has 0 saturated carbocycles. The minimum absolute atomic E-state index is 0.773. The number of methoxy groups -OCH3 is 2. The Labute approximate surface area is 154 Å². The fourth-order valence-electron chi connectivity index (χ4n) is 3.32. The van der Waals surface area contributed by atoms with Crippen molar-refractivity contribution in [1.82, 2.24) is 9.80 Å². The van der Waals surface area contributed by atoms with Gasteiger partial charge in [-0.1, -0.05) is 0 Å². The van der Waals surface area contributed by atoms with Crippen molar-refractivity contribution >= 4 is 16.9 Å². The minimum Gasteiger partial charge on any atom is -0.496 e. The Morgan fingerprint density at radius 3 is 2.32 bits per heavy atom. The van der Waals surface area contributed by atoms with Crippen LogP contribution in [0.2, 0.25) is 0 Å². The first-order valence-electron chi connectivity index (χ1n) is 8.34. The summed E-state index contributed by atoms with van der Waals surface area (Å²) in [6.45, 7) is 3.90. The molecule has 4 nitrogen and oxygen atoms in total. The lowest BCUT2D eigenvalue weighted by molar-refractivity contribution is 0.348. The smallest absolute Gasteiger partial charge is 0.127 e. The standard InChI is InChI=1S/C20H26N2O2S/c1-13-7-15-10-22(4)12-16(20(15)25-13)14-8-18(23-5)17(11-21(2)3)19(9-14)24-6/h7-9,12H,10-11H2,1-6H3. The summed E-state index contributed by atoms with van der Waals surface area (Å²) < 4.78 is 11.4. The van der Waals surface area contributed by atoms with Crippen LogP contribution in [-0.2, 0) is 13.1 Å². The maximum atomic E-state index is 5.70. The van der Waals surface area contributed by atoms with Crippen LogP contribution in [0.4, 0.5) is 0 Å². The molecule has 0 unspecified atom stereocenters. The molecule has 2 heterocycles. The van der Waals surface area contributed by atoms with Crippen molar-refractivity contribution in [2.24, 2.45) is 0 Å². The highest BCUT2D eigenvalue weighted by Gasteiger charge is 2.22. The lowest BCUT2D eigenvalue weighted by Gasteiger charge is -2.24. The Morgan fingerprint density at radius 2 is 1.76 bits per heavy atom. The van der Waals surface area contributed by atoms with Crippen LogP contribution in [0.5, 0.6) is 11.5 Å². The van der Waals surface area contributed by atoms with Crippen LogP contribution in [0.25, 0.3) is 5.57 Å². The predicted molar refractivity (Wildman–Crippen MR) is 105 cm³/mol. The fourth-order valence-corrected chi connectivity index (χ4v) is 4.38. The van der Waals surface area contributed by atoms with Gasteiger partial charge in [0.25, 0.3) is 0 Å². The number of thiophene rings is 1. The zero-order valence-electron chi connectivity index (χ0n) is 15.8. The monoisotopic (exact) mass is 358 g/mol. The molecule has 0 amide bonds. The van der Waals surface area contributed by atoms with Crippen molar-refractivity contribution < 1.29 is 9.47 Å². The molecule has 0 radical (unpaired) electrons. The number of ether oxygens (including phenoxy) is 2. The zero-order valence-corrected chi connectivity index (χ0v) is 16.7. The molecule has 0 fully saturated rings. The van der Waals surface area contributed by atoms with Gasteiger partial charge >= 0.3 is 0 Å². The van der Waals surface area contributed by atoms with Crippen LogP contribution >= 0.6 is 11.3 Å². The molecule has 1 aliphatic heterocycles. The first-order chi connectivity index (χ1) is 11.9. The number of fused-ring (bicyclic) bond motifs is 1. The normalized spacial score (nSPS) is 13.7. The highest BCUT2D eigenvalue weighted by molar-refractivity contribution is 7.13. The van der Waals surface area contributed by atoms with Crippen molar-refractivity contribution in [2.45, 2.75) is 20.0 Å². The van der Waals surface area contributed by atoms with Gasteiger partial charge in [-0.2, -0.15) is 0 Å². The van der Waals surface area contributed by atoms with E-state index in [9.17, 15) is 0 Å². The summed E-state index contributed by atoms with van der Waals surface area (Å²) in [5.41, 5.74) is 4.82. The molecule has 25 heavy (non-hydrogen) atoms. The molecule has 0 saturated heterocycles. The van der Waals surface area contributed by atoms with Crippen molar-refractivity contribution in [3.05, 3.63) is 50.8 Å². The Hall–Kier alpha value is -1.98. The van der Waals surface area contributed by atoms with Gasteiger partial charge in [0.1, 0.15) is 11.5 Å². The molecular formula is C20H26N2O2S. The summed E-state index contributed by atoms with van der Waals surface area (Å²) in [6.07, 6.45) is 2.22. The fraction of sp³-hybridized carbons (Fsp3) is 0.400. The SMILES string of the molecule is COc1cc(C2=CN(C)Cc3cc(C)sc32)cc(OC)c1CN(C)C. The van der Waals surface area contributed by atoms with E-state index >= 15 is 0 Å². The van der Waals surface area contributed by atoms with E-state index in [2.05, 4.69) is 48.2 Å². The summed E-state index contributed by atoms with van der Waals surface area (Å²) in [6, 6.07) is 6.55. The third kappa shape index (κ3) is 3.53. The summed E-state index contributed by atoms with van der Waals surface area (Å²) in [5.74, 6) is 1.74. The van der Waals surface area contributed by atoms with Gasteiger partial charge in [-0.25, -0.2) is 0 Å². The second kappa shape index (κ2) is 7.10. The zero-order chi connectivity index (χ0) is 18.1. The van der Waals surface area contributed by atoms with Crippen LogP contribution in [0.3, 0.4) is 0 Å². The number of nitrogens with zero attached hydrogens (tertiary/aromatic N) is 2. The van der Waals surface area contributed by atoms with E-state index in [-0.39, 0.29) is 0 Å². The van der Waals surface area contributed by atoms with Crippen molar-refractivity contribution in [1.29, 1.82) is 0 Å². The van der Waals surface area contributed by atoms with E-state index in [1.165, 1.54) is 20.9 Å². The molecule has 0 aliphatic carbocycles. The number of hydrogen-bond donors (Lipinski definition) is 0. The molecule has 5 heteroatoms. The molecule has 3 rings (SSSR count). The van der Waals surface area contributed by atoms with E-state index < -0.39 is 0 Å². The second-order valence-electron chi connectivity index (χ2n) is 6.77. The number of benzene rings is 1. The first kappa shape index (κ1) is 17.8. The molecular weight excluding hydrogens is 332 g/mol. The van der Waals surface area contributed by atoms with Gasteiger partial charge in [0.15, 0.2) is 0 Å². The minimum atomic E-state index is 0.773. The lowest BCUT2D eigenvalue weighted by atomic mass is 9.97. The average molecular weight is 359 g/mol. The van der Waals surface area contributed by atoms with Crippen LogP contribution in [0, 0.1) is 6.92 Å².